The molecule has 6 aromatic rings. The van der Waals surface area contributed by atoms with Gasteiger partial charge in [-0.15, -0.1) is 0 Å². The third-order valence-electron chi connectivity index (χ3n) is 11.8. The Morgan fingerprint density at radius 2 is 1.39 bits per heavy atom. The summed E-state index contributed by atoms with van der Waals surface area (Å²) in [6, 6.07) is 48.4. The summed E-state index contributed by atoms with van der Waals surface area (Å²) in [5, 5.41) is 2.60. The van der Waals surface area contributed by atoms with E-state index in [-0.39, 0.29) is 5.41 Å². The molecule has 0 heterocycles. The molecule has 0 aliphatic heterocycles. The van der Waals surface area contributed by atoms with E-state index in [0.29, 0.717) is 11.8 Å². The highest BCUT2D eigenvalue weighted by atomic mass is 14.5. The summed E-state index contributed by atoms with van der Waals surface area (Å²) >= 11 is 0. The van der Waals surface area contributed by atoms with E-state index in [2.05, 4.69) is 170 Å². The van der Waals surface area contributed by atoms with E-state index in [0.717, 1.165) is 25.7 Å². The molecule has 0 nitrogen and oxygen atoms in total. The number of hydrogen-bond acceptors (Lipinski definition) is 0. The van der Waals surface area contributed by atoms with Crippen LogP contribution in [0.5, 0.6) is 0 Å². The van der Waals surface area contributed by atoms with E-state index >= 15 is 0 Å². The first-order valence-corrected chi connectivity index (χ1v) is 18.0. The fraction of sp³-hybridized carbons (Fsp3) is 0.143. The minimum Gasteiger partial charge on any atom is -0.0836 e. The molecule has 3 atom stereocenters. The van der Waals surface area contributed by atoms with Gasteiger partial charge in [0.05, 0.1) is 0 Å². The Kier molecular flexibility index (Phi) is 6.59. The summed E-state index contributed by atoms with van der Waals surface area (Å²) in [6.45, 7) is 0. The van der Waals surface area contributed by atoms with Crippen molar-refractivity contribution < 1.29 is 0 Å². The Hall–Kier alpha value is -5.46. The molecular formula is C49H38. The minimum absolute atomic E-state index is 0.333. The van der Waals surface area contributed by atoms with Crippen molar-refractivity contribution in [2.24, 2.45) is 11.8 Å². The summed E-state index contributed by atoms with van der Waals surface area (Å²) in [5.74, 6) is 0.802. The van der Waals surface area contributed by atoms with Gasteiger partial charge in [-0.3, -0.25) is 0 Å². The summed E-state index contributed by atoms with van der Waals surface area (Å²) in [5.41, 5.74) is 16.5. The monoisotopic (exact) mass is 626 g/mol. The molecule has 0 saturated carbocycles. The Labute approximate surface area is 289 Å². The lowest BCUT2D eigenvalue weighted by Gasteiger charge is -2.44. The maximum atomic E-state index is 2.63. The lowest BCUT2D eigenvalue weighted by Crippen LogP contribution is -2.39. The largest absolute Gasteiger partial charge is 0.0836 e. The summed E-state index contributed by atoms with van der Waals surface area (Å²) < 4.78 is 0. The van der Waals surface area contributed by atoms with Crippen molar-refractivity contribution in [3.63, 3.8) is 0 Å². The predicted octanol–water partition coefficient (Wildman–Crippen LogP) is 12.5. The van der Waals surface area contributed by atoms with Crippen molar-refractivity contribution in [1.29, 1.82) is 0 Å². The number of allylic oxidation sites excluding steroid dienone is 7. The molecule has 0 spiro atoms. The number of benzene rings is 6. The predicted molar refractivity (Wildman–Crippen MR) is 207 cm³/mol. The van der Waals surface area contributed by atoms with E-state index in [9.17, 15) is 0 Å². The summed E-state index contributed by atoms with van der Waals surface area (Å²) in [6.07, 6.45) is 20.9. The van der Waals surface area contributed by atoms with E-state index in [4.69, 9.17) is 0 Å². The topological polar surface area (TPSA) is 0 Å². The highest BCUT2D eigenvalue weighted by Crippen LogP contribution is 2.62. The molecule has 234 valence electrons. The summed E-state index contributed by atoms with van der Waals surface area (Å²) in [4.78, 5) is 0. The molecule has 0 bridgehead atoms. The van der Waals surface area contributed by atoms with Gasteiger partial charge >= 0.3 is 0 Å². The van der Waals surface area contributed by atoms with Gasteiger partial charge in [0, 0.05) is 11.3 Å². The second-order valence-corrected chi connectivity index (χ2v) is 14.3. The third kappa shape index (κ3) is 4.37. The van der Waals surface area contributed by atoms with Gasteiger partial charge in [-0.2, -0.15) is 0 Å². The van der Waals surface area contributed by atoms with Crippen LogP contribution in [0.15, 0.2) is 169 Å². The molecule has 0 saturated heterocycles. The lowest BCUT2D eigenvalue weighted by molar-refractivity contribution is 0.320. The molecule has 4 aliphatic carbocycles. The van der Waals surface area contributed by atoms with Crippen LogP contribution in [0, 0.1) is 11.8 Å². The second-order valence-electron chi connectivity index (χ2n) is 14.3. The molecule has 0 fully saturated rings. The first kappa shape index (κ1) is 28.5. The molecule has 0 radical (unpaired) electrons. The van der Waals surface area contributed by atoms with Gasteiger partial charge in [0.2, 0.25) is 0 Å². The average Bonchev–Trinajstić information content (AvgIpc) is 3.48. The molecule has 6 aromatic carbocycles. The van der Waals surface area contributed by atoms with Gasteiger partial charge in [-0.1, -0.05) is 152 Å². The zero-order chi connectivity index (χ0) is 32.4. The van der Waals surface area contributed by atoms with Gasteiger partial charge < -0.3 is 0 Å². The number of rotatable bonds is 4. The molecular weight excluding hydrogens is 589 g/mol. The van der Waals surface area contributed by atoms with Crippen molar-refractivity contribution in [2.75, 3.05) is 0 Å². The van der Waals surface area contributed by atoms with E-state index in [1.807, 2.05) is 0 Å². The van der Waals surface area contributed by atoms with Crippen LogP contribution in [0.1, 0.15) is 47.1 Å². The third-order valence-corrected chi connectivity index (χ3v) is 11.8. The molecule has 0 N–H and O–H groups in total. The molecule has 0 aromatic heterocycles. The standard InChI is InChI=1S/C49H38/c1-3-13-33(14-4-1)39-25-28-44-46(31-39)49(40-26-23-34-15-7-9-19-37(34)29-40,41-27-24-35-16-8-10-20-38(35)30-41)47-32-45(36-17-5-2-6-18-36)42-21-11-12-22-43(42)48(44)47/h1-10,12-20,22-26,28-29,31-32,38,41H,11,21,27,30H2. The van der Waals surface area contributed by atoms with Crippen LogP contribution in [-0.4, -0.2) is 0 Å². The quantitative estimate of drug-likeness (QED) is 0.183. The normalized spacial score (nSPS) is 21.5. The van der Waals surface area contributed by atoms with Crippen LogP contribution in [0.25, 0.3) is 50.2 Å². The van der Waals surface area contributed by atoms with Crippen molar-refractivity contribution >= 4 is 16.8 Å². The van der Waals surface area contributed by atoms with E-state index in [1.54, 1.807) is 0 Å². The fourth-order valence-corrected chi connectivity index (χ4v) is 9.64. The summed E-state index contributed by atoms with van der Waals surface area (Å²) in [7, 11) is 0. The van der Waals surface area contributed by atoms with Crippen LogP contribution in [-0.2, 0) is 11.8 Å². The van der Waals surface area contributed by atoms with Crippen molar-refractivity contribution in [3.05, 3.63) is 197 Å². The van der Waals surface area contributed by atoms with Gasteiger partial charge in [-0.25, -0.2) is 0 Å². The SMILES string of the molecule is C1=CC2=CCC(C3(c4ccc5ccccc5c4)c4cc(-c5ccccc5)ccc4-c4c3cc(-c3ccccc3)c3c4C=CCC3)CC2C=C1. The fourth-order valence-electron chi connectivity index (χ4n) is 9.64. The van der Waals surface area contributed by atoms with Crippen LogP contribution >= 0.6 is 0 Å². The van der Waals surface area contributed by atoms with Crippen LogP contribution in [0.4, 0.5) is 0 Å². The number of fused-ring (bicyclic) bond motifs is 7. The Balaban J connectivity index is 1.34. The smallest absolute Gasteiger partial charge is 0.0495 e. The Bertz CT molecular complexity index is 2380. The molecule has 10 rings (SSSR count). The minimum atomic E-state index is -0.333. The second kappa shape index (κ2) is 11.3. The van der Waals surface area contributed by atoms with Crippen LogP contribution in [0.3, 0.4) is 0 Å². The van der Waals surface area contributed by atoms with E-state index in [1.165, 1.54) is 77.5 Å². The first-order chi connectivity index (χ1) is 24.3. The zero-order valence-corrected chi connectivity index (χ0v) is 27.6. The van der Waals surface area contributed by atoms with Gasteiger partial charge in [0.1, 0.15) is 0 Å². The lowest BCUT2D eigenvalue weighted by atomic mass is 9.58. The molecule has 3 unspecified atom stereocenters. The molecule has 49 heavy (non-hydrogen) atoms. The van der Waals surface area contributed by atoms with Gasteiger partial charge in [0.25, 0.3) is 0 Å². The number of hydrogen-bond donors (Lipinski definition) is 0. The Morgan fingerprint density at radius 1 is 0.592 bits per heavy atom. The zero-order valence-electron chi connectivity index (χ0n) is 27.6. The van der Waals surface area contributed by atoms with Gasteiger partial charge in [-0.05, 0) is 127 Å². The highest BCUT2D eigenvalue weighted by molar-refractivity contribution is 5.96. The molecule has 4 aliphatic rings. The molecule has 0 amide bonds. The Morgan fingerprint density at radius 3 is 2.24 bits per heavy atom. The van der Waals surface area contributed by atoms with Crippen molar-refractivity contribution in [3.8, 4) is 33.4 Å². The maximum Gasteiger partial charge on any atom is 0.0495 e. The van der Waals surface area contributed by atoms with Crippen LogP contribution in [0.2, 0.25) is 0 Å². The van der Waals surface area contributed by atoms with Crippen molar-refractivity contribution in [1.82, 2.24) is 0 Å². The van der Waals surface area contributed by atoms with E-state index < -0.39 is 0 Å². The highest BCUT2D eigenvalue weighted by Gasteiger charge is 2.52. The van der Waals surface area contributed by atoms with Gasteiger partial charge in [0.15, 0.2) is 0 Å². The van der Waals surface area contributed by atoms with Crippen molar-refractivity contribution in [2.45, 2.75) is 31.1 Å². The van der Waals surface area contributed by atoms with Crippen LogP contribution < -0.4 is 0 Å². The first-order valence-electron chi connectivity index (χ1n) is 18.0. The maximum absolute atomic E-state index is 2.63. The molecule has 0 heteroatoms. The average molecular weight is 627 g/mol.